The summed E-state index contributed by atoms with van der Waals surface area (Å²) in [6, 6.07) is 5.91. The van der Waals surface area contributed by atoms with Crippen LogP contribution in [-0.4, -0.2) is 24.9 Å². The molecule has 2 rings (SSSR count). The Morgan fingerprint density at radius 1 is 1.42 bits per heavy atom. The van der Waals surface area contributed by atoms with Crippen molar-refractivity contribution in [1.82, 2.24) is 5.32 Å². The van der Waals surface area contributed by atoms with Crippen molar-refractivity contribution >= 4 is 11.5 Å². The van der Waals surface area contributed by atoms with E-state index in [4.69, 9.17) is 0 Å². The number of ketones is 1. The van der Waals surface area contributed by atoms with Crippen LogP contribution in [-0.2, 0) is 6.42 Å². The predicted octanol–water partition coefficient (Wildman–Crippen LogP) is 3.01. The summed E-state index contributed by atoms with van der Waals surface area (Å²) in [5.41, 5.74) is 3.28. The van der Waals surface area contributed by atoms with Crippen LogP contribution in [0.3, 0.4) is 0 Å². The molecule has 1 atom stereocenters. The van der Waals surface area contributed by atoms with Crippen molar-refractivity contribution in [3.8, 4) is 0 Å². The van der Waals surface area contributed by atoms with E-state index in [1.54, 1.807) is 0 Å². The molecule has 0 radical (unpaired) electrons. The number of rotatable bonds is 7. The van der Waals surface area contributed by atoms with Crippen LogP contribution in [0.2, 0.25) is 0 Å². The van der Waals surface area contributed by atoms with E-state index in [9.17, 15) is 4.79 Å². The maximum atomic E-state index is 12.3. The number of unbranched alkanes of at least 4 members (excludes halogenated alkanes) is 2. The molecule has 3 nitrogen and oxygen atoms in total. The summed E-state index contributed by atoms with van der Waals surface area (Å²) in [7, 11) is 0. The highest BCUT2D eigenvalue weighted by atomic mass is 16.1. The highest BCUT2D eigenvalue weighted by Gasteiger charge is 2.17. The number of carbonyl (C=O) groups excluding carboxylic acids is 1. The van der Waals surface area contributed by atoms with E-state index >= 15 is 0 Å². The Balaban J connectivity index is 1.91. The van der Waals surface area contributed by atoms with Crippen molar-refractivity contribution in [3.05, 3.63) is 29.3 Å². The lowest BCUT2D eigenvalue weighted by Gasteiger charge is -2.13. The second kappa shape index (κ2) is 6.71. The Kier molecular flexibility index (Phi) is 4.97. The fourth-order valence-corrected chi connectivity index (χ4v) is 2.49. The molecule has 104 valence electrons. The standard InChI is InChI=1S/C16H24N2O/c1-3-4-5-9-17-12(2)16(19)14-6-7-15-13(11-14)8-10-18-15/h6-7,11-12,17-18H,3-5,8-10H2,1-2H3. The normalized spacial score (nSPS) is 14.8. The Morgan fingerprint density at radius 3 is 3.05 bits per heavy atom. The summed E-state index contributed by atoms with van der Waals surface area (Å²) in [6.45, 7) is 6.05. The molecule has 0 amide bonds. The van der Waals surface area contributed by atoms with Crippen molar-refractivity contribution in [3.63, 3.8) is 0 Å². The molecule has 1 aliphatic rings. The highest BCUT2D eigenvalue weighted by molar-refractivity contribution is 6.00. The van der Waals surface area contributed by atoms with Gasteiger partial charge in [0, 0.05) is 17.8 Å². The van der Waals surface area contributed by atoms with Gasteiger partial charge in [0.1, 0.15) is 0 Å². The third-order valence-corrected chi connectivity index (χ3v) is 3.72. The van der Waals surface area contributed by atoms with Gasteiger partial charge in [-0.2, -0.15) is 0 Å². The van der Waals surface area contributed by atoms with Crippen LogP contribution in [0.25, 0.3) is 0 Å². The fraction of sp³-hybridized carbons (Fsp3) is 0.562. The second-order valence-corrected chi connectivity index (χ2v) is 5.30. The first-order valence-corrected chi connectivity index (χ1v) is 7.36. The zero-order valence-electron chi connectivity index (χ0n) is 12.0. The zero-order chi connectivity index (χ0) is 13.7. The van der Waals surface area contributed by atoms with Crippen molar-refractivity contribution < 1.29 is 4.79 Å². The Hall–Kier alpha value is -1.35. The molecule has 19 heavy (non-hydrogen) atoms. The molecule has 1 heterocycles. The summed E-state index contributed by atoms with van der Waals surface area (Å²) in [5, 5.41) is 6.64. The SMILES string of the molecule is CCCCCNC(C)C(=O)c1ccc2c(c1)CCN2. The van der Waals surface area contributed by atoms with E-state index in [2.05, 4.69) is 17.6 Å². The van der Waals surface area contributed by atoms with Crippen LogP contribution in [0.1, 0.15) is 49.0 Å². The van der Waals surface area contributed by atoms with E-state index in [-0.39, 0.29) is 11.8 Å². The first-order chi connectivity index (χ1) is 9.22. The monoisotopic (exact) mass is 260 g/mol. The van der Waals surface area contributed by atoms with E-state index in [1.165, 1.54) is 24.1 Å². The van der Waals surface area contributed by atoms with E-state index in [0.717, 1.165) is 31.5 Å². The number of Topliss-reactive ketones (excluding diaryl/α,β-unsaturated/α-hetero) is 1. The lowest BCUT2D eigenvalue weighted by molar-refractivity contribution is 0.0951. The molecular weight excluding hydrogens is 236 g/mol. The molecule has 0 saturated heterocycles. The predicted molar refractivity (Wildman–Crippen MR) is 80.0 cm³/mol. The quantitative estimate of drug-likeness (QED) is 0.585. The molecule has 1 aromatic carbocycles. The molecule has 0 aromatic heterocycles. The third kappa shape index (κ3) is 3.57. The smallest absolute Gasteiger partial charge is 0.179 e. The summed E-state index contributed by atoms with van der Waals surface area (Å²) in [4.78, 5) is 12.3. The molecule has 0 saturated carbocycles. The van der Waals surface area contributed by atoms with Gasteiger partial charge in [-0.3, -0.25) is 4.79 Å². The van der Waals surface area contributed by atoms with Gasteiger partial charge >= 0.3 is 0 Å². The molecule has 0 spiro atoms. The minimum atomic E-state index is -0.0933. The topological polar surface area (TPSA) is 41.1 Å². The number of hydrogen-bond donors (Lipinski definition) is 2. The number of anilines is 1. The average Bonchev–Trinajstić information content (AvgIpc) is 2.89. The van der Waals surface area contributed by atoms with Crippen molar-refractivity contribution in [2.24, 2.45) is 0 Å². The molecule has 1 aromatic rings. The van der Waals surface area contributed by atoms with Gasteiger partial charge in [0.15, 0.2) is 5.78 Å². The van der Waals surface area contributed by atoms with E-state index in [0.29, 0.717) is 0 Å². The molecule has 1 aliphatic heterocycles. The molecule has 0 fully saturated rings. The fourth-order valence-electron chi connectivity index (χ4n) is 2.49. The molecule has 1 unspecified atom stereocenters. The zero-order valence-corrected chi connectivity index (χ0v) is 12.0. The van der Waals surface area contributed by atoms with Crippen LogP contribution >= 0.6 is 0 Å². The van der Waals surface area contributed by atoms with Gasteiger partial charge in [-0.1, -0.05) is 19.8 Å². The van der Waals surface area contributed by atoms with Crippen molar-refractivity contribution in [2.75, 3.05) is 18.4 Å². The van der Waals surface area contributed by atoms with Crippen LogP contribution in [0.15, 0.2) is 18.2 Å². The number of benzene rings is 1. The van der Waals surface area contributed by atoms with Gasteiger partial charge in [0.2, 0.25) is 0 Å². The van der Waals surface area contributed by atoms with Gasteiger partial charge in [-0.25, -0.2) is 0 Å². The van der Waals surface area contributed by atoms with E-state index in [1.807, 2.05) is 25.1 Å². The van der Waals surface area contributed by atoms with Gasteiger partial charge in [0.05, 0.1) is 6.04 Å². The Labute approximate surface area is 115 Å². The van der Waals surface area contributed by atoms with Crippen LogP contribution in [0.4, 0.5) is 5.69 Å². The van der Waals surface area contributed by atoms with Gasteiger partial charge in [-0.15, -0.1) is 0 Å². The molecule has 3 heteroatoms. The van der Waals surface area contributed by atoms with Crippen molar-refractivity contribution in [1.29, 1.82) is 0 Å². The van der Waals surface area contributed by atoms with Crippen LogP contribution in [0, 0.1) is 0 Å². The lowest BCUT2D eigenvalue weighted by Crippen LogP contribution is -2.34. The molecule has 0 bridgehead atoms. The van der Waals surface area contributed by atoms with Crippen LogP contribution in [0.5, 0.6) is 0 Å². The largest absolute Gasteiger partial charge is 0.384 e. The molecular formula is C16H24N2O. The number of nitrogens with one attached hydrogen (secondary N) is 2. The Bertz CT molecular complexity index is 442. The summed E-state index contributed by atoms with van der Waals surface area (Å²) in [6.07, 6.45) is 4.59. The maximum Gasteiger partial charge on any atom is 0.179 e. The Morgan fingerprint density at radius 2 is 2.26 bits per heavy atom. The second-order valence-electron chi connectivity index (χ2n) is 5.30. The van der Waals surface area contributed by atoms with E-state index < -0.39 is 0 Å². The minimum absolute atomic E-state index is 0.0933. The van der Waals surface area contributed by atoms with Gasteiger partial charge in [-0.05, 0) is 50.1 Å². The number of fused-ring (bicyclic) bond motifs is 1. The highest BCUT2D eigenvalue weighted by Crippen LogP contribution is 2.23. The number of carbonyl (C=O) groups is 1. The van der Waals surface area contributed by atoms with Gasteiger partial charge < -0.3 is 10.6 Å². The minimum Gasteiger partial charge on any atom is -0.384 e. The van der Waals surface area contributed by atoms with Gasteiger partial charge in [0.25, 0.3) is 0 Å². The summed E-state index contributed by atoms with van der Waals surface area (Å²) in [5.74, 6) is 0.200. The molecule has 0 aliphatic carbocycles. The third-order valence-electron chi connectivity index (χ3n) is 3.72. The summed E-state index contributed by atoms with van der Waals surface area (Å²) < 4.78 is 0. The first kappa shape index (κ1) is 14.1. The average molecular weight is 260 g/mol. The summed E-state index contributed by atoms with van der Waals surface area (Å²) >= 11 is 0. The van der Waals surface area contributed by atoms with Crippen molar-refractivity contribution in [2.45, 2.75) is 45.6 Å². The van der Waals surface area contributed by atoms with Crippen LogP contribution < -0.4 is 10.6 Å². The maximum absolute atomic E-state index is 12.3. The first-order valence-electron chi connectivity index (χ1n) is 7.36. The number of hydrogen-bond acceptors (Lipinski definition) is 3. The lowest BCUT2D eigenvalue weighted by atomic mass is 10.0. The molecule has 2 N–H and O–H groups in total.